The average molecular weight is 416 g/mol. The van der Waals surface area contributed by atoms with Crippen LogP contribution in [0.2, 0.25) is 0 Å². The predicted molar refractivity (Wildman–Crippen MR) is 92.0 cm³/mol. The number of ether oxygens (including phenoxy) is 1. The number of carbonyl (C=O) groups excluding carboxylic acids is 3. The molecular formula is C15H18BrN3O6. The van der Waals surface area contributed by atoms with Crippen LogP contribution in [0.5, 0.6) is 0 Å². The Morgan fingerprint density at radius 1 is 1.32 bits per heavy atom. The van der Waals surface area contributed by atoms with E-state index in [-0.39, 0.29) is 34.7 Å². The van der Waals surface area contributed by atoms with E-state index in [1.165, 1.54) is 17.0 Å². The second-order valence-electron chi connectivity index (χ2n) is 4.86. The number of nitro groups is 1. The smallest absolute Gasteiger partial charge is 0.338 e. The molecule has 9 nitrogen and oxygen atoms in total. The van der Waals surface area contributed by atoms with E-state index in [9.17, 15) is 24.5 Å². The Bertz CT molecular complexity index is 679. The van der Waals surface area contributed by atoms with E-state index in [1.807, 2.05) is 0 Å². The monoisotopic (exact) mass is 415 g/mol. The number of nitrogens with one attached hydrogen (secondary N) is 1. The van der Waals surface area contributed by atoms with Crippen molar-refractivity contribution in [2.45, 2.75) is 13.8 Å². The molecule has 1 N–H and O–H groups in total. The number of halogens is 1. The van der Waals surface area contributed by atoms with E-state index in [4.69, 9.17) is 4.74 Å². The van der Waals surface area contributed by atoms with Crippen molar-refractivity contribution >= 4 is 39.4 Å². The van der Waals surface area contributed by atoms with E-state index in [1.54, 1.807) is 13.8 Å². The first kappa shape index (κ1) is 20.6. The standard InChI is InChI=1S/C15H18BrN3O6/c1-3-17-13(20)8-18(4-2)14(21)9-25-15(22)10-5-6-11(16)12(7-10)19(23)24/h5-7H,3-4,8-9H2,1-2H3,(H,17,20). The lowest BCUT2D eigenvalue weighted by Gasteiger charge is -2.20. The summed E-state index contributed by atoms with van der Waals surface area (Å²) in [5.74, 6) is -1.71. The molecule has 0 bridgehead atoms. The van der Waals surface area contributed by atoms with E-state index >= 15 is 0 Å². The van der Waals surface area contributed by atoms with Crippen LogP contribution in [0, 0.1) is 10.1 Å². The molecule has 0 atom stereocenters. The lowest BCUT2D eigenvalue weighted by molar-refractivity contribution is -0.385. The lowest BCUT2D eigenvalue weighted by atomic mass is 10.2. The van der Waals surface area contributed by atoms with Crippen molar-refractivity contribution in [3.05, 3.63) is 38.3 Å². The van der Waals surface area contributed by atoms with Gasteiger partial charge in [0.25, 0.3) is 11.6 Å². The van der Waals surface area contributed by atoms with Crippen LogP contribution in [0.15, 0.2) is 22.7 Å². The van der Waals surface area contributed by atoms with Crippen molar-refractivity contribution in [3.63, 3.8) is 0 Å². The highest BCUT2D eigenvalue weighted by molar-refractivity contribution is 9.10. The Balaban J connectivity index is 2.68. The van der Waals surface area contributed by atoms with Crippen molar-refractivity contribution in [2.75, 3.05) is 26.2 Å². The molecule has 25 heavy (non-hydrogen) atoms. The minimum absolute atomic E-state index is 0.0468. The molecule has 0 aliphatic carbocycles. The SMILES string of the molecule is CCNC(=O)CN(CC)C(=O)COC(=O)c1ccc(Br)c([N+](=O)[O-])c1. The van der Waals surface area contributed by atoms with Gasteiger partial charge >= 0.3 is 5.97 Å². The summed E-state index contributed by atoms with van der Waals surface area (Å²) in [6.45, 7) is 3.48. The molecule has 2 amide bonds. The van der Waals surface area contributed by atoms with Crippen LogP contribution in [-0.4, -0.2) is 53.8 Å². The molecule has 0 unspecified atom stereocenters. The summed E-state index contributed by atoms with van der Waals surface area (Å²) in [4.78, 5) is 47.0. The normalized spacial score (nSPS) is 10.0. The molecule has 0 heterocycles. The Morgan fingerprint density at radius 3 is 2.56 bits per heavy atom. The summed E-state index contributed by atoms with van der Waals surface area (Å²) in [5.41, 5.74) is -0.332. The quantitative estimate of drug-likeness (QED) is 0.390. The highest BCUT2D eigenvalue weighted by atomic mass is 79.9. The molecule has 0 saturated heterocycles. The van der Waals surface area contributed by atoms with Crippen molar-refractivity contribution in [3.8, 4) is 0 Å². The molecule has 0 aromatic heterocycles. The maximum Gasteiger partial charge on any atom is 0.338 e. The number of benzene rings is 1. The molecular weight excluding hydrogens is 398 g/mol. The Labute approximate surface area is 152 Å². The fourth-order valence-electron chi connectivity index (χ4n) is 1.88. The van der Waals surface area contributed by atoms with Gasteiger partial charge in [0.2, 0.25) is 5.91 Å². The zero-order valence-corrected chi connectivity index (χ0v) is 15.4. The van der Waals surface area contributed by atoms with Gasteiger partial charge in [-0.2, -0.15) is 0 Å². The lowest BCUT2D eigenvalue weighted by Crippen LogP contribution is -2.42. The number of likely N-dealkylation sites (N-methyl/N-ethyl adjacent to an activating group) is 2. The minimum atomic E-state index is -0.863. The first-order valence-corrected chi connectivity index (χ1v) is 8.24. The molecule has 0 saturated carbocycles. The third-order valence-corrected chi connectivity index (χ3v) is 3.82. The summed E-state index contributed by atoms with van der Waals surface area (Å²) in [6.07, 6.45) is 0. The molecule has 136 valence electrons. The number of carbonyl (C=O) groups is 3. The Hall–Kier alpha value is -2.49. The zero-order chi connectivity index (χ0) is 19.0. The van der Waals surface area contributed by atoms with Crippen LogP contribution in [0.3, 0.4) is 0 Å². The van der Waals surface area contributed by atoms with Gasteiger partial charge in [-0.1, -0.05) is 0 Å². The molecule has 0 fully saturated rings. The molecule has 10 heteroatoms. The van der Waals surface area contributed by atoms with Gasteiger partial charge in [0.05, 0.1) is 21.5 Å². The number of nitrogens with zero attached hydrogens (tertiary/aromatic N) is 2. The van der Waals surface area contributed by atoms with Crippen LogP contribution >= 0.6 is 15.9 Å². The molecule has 0 spiro atoms. The van der Waals surface area contributed by atoms with E-state index in [0.29, 0.717) is 6.54 Å². The highest BCUT2D eigenvalue weighted by Crippen LogP contribution is 2.25. The van der Waals surface area contributed by atoms with Crippen LogP contribution in [0.1, 0.15) is 24.2 Å². The second-order valence-corrected chi connectivity index (χ2v) is 5.72. The third kappa shape index (κ3) is 6.14. The largest absolute Gasteiger partial charge is 0.452 e. The highest BCUT2D eigenvalue weighted by Gasteiger charge is 2.20. The molecule has 1 aromatic carbocycles. The molecule has 1 rings (SSSR count). The number of amides is 2. The topological polar surface area (TPSA) is 119 Å². The number of rotatable bonds is 8. The Kier molecular flexibility index (Phi) is 7.99. The van der Waals surface area contributed by atoms with E-state index in [0.717, 1.165) is 6.07 Å². The summed E-state index contributed by atoms with van der Waals surface area (Å²) in [6, 6.07) is 3.75. The van der Waals surface area contributed by atoms with Gasteiger partial charge in [-0.3, -0.25) is 19.7 Å². The maximum absolute atomic E-state index is 12.0. The van der Waals surface area contributed by atoms with Gasteiger partial charge in [-0.25, -0.2) is 4.79 Å². The second kappa shape index (κ2) is 9.72. The van der Waals surface area contributed by atoms with Gasteiger partial charge in [0, 0.05) is 19.2 Å². The molecule has 0 aliphatic heterocycles. The van der Waals surface area contributed by atoms with E-state index in [2.05, 4.69) is 21.2 Å². The molecule has 0 aliphatic rings. The van der Waals surface area contributed by atoms with Crippen molar-refractivity contribution < 1.29 is 24.0 Å². The summed E-state index contributed by atoms with van der Waals surface area (Å²) in [5, 5.41) is 13.4. The van der Waals surface area contributed by atoms with Gasteiger partial charge in [-0.15, -0.1) is 0 Å². The Morgan fingerprint density at radius 2 is 2.00 bits per heavy atom. The summed E-state index contributed by atoms with van der Waals surface area (Å²) < 4.78 is 5.12. The van der Waals surface area contributed by atoms with Crippen LogP contribution in [0.4, 0.5) is 5.69 Å². The van der Waals surface area contributed by atoms with Crippen LogP contribution < -0.4 is 5.32 Å². The number of esters is 1. The number of hydrogen-bond acceptors (Lipinski definition) is 6. The first-order valence-electron chi connectivity index (χ1n) is 7.45. The molecule has 1 aromatic rings. The predicted octanol–water partition coefficient (Wildman–Crippen LogP) is 1.50. The minimum Gasteiger partial charge on any atom is -0.452 e. The first-order chi connectivity index (χ1) is 11.8. The maximum atomic E-state index is 12.0. The van der Waals surface area contributed by atoms with Crippen molar-refractivity contribution in [1.82, 2.24) is 10.2 Å². The van der Waals surface area contributed by atoms with Crippen LogP contribution in [-0.2, 0) is 14.3 Å². The van der Waals surface area contributed by atoms with Gasteiger partial charge in [0.15, 0.2) is 6.61 Å². The van der Waals surface area contributed by atoms with Gasteiger partial charge < -0.3 is 15.0 Å². The summed E-state index contributed by atoms with van der Waals surface area (Å²) >= 11 is 3.01. The fourth-order valence-corrected chi connectivity index (χ4v) is 2.28. The molecule has 0 radical (unpaired) electrons. The fraction of sp³-hybridized carbons (Fsp3) is 0.400. The van der Waals surface area contributed by atoms with Gasteiger partial charge in [0.1, 0.15) is 0 Å². The summed E-state index contributed by atoms with van der Waals surface area (Å²) in [7, 11) is 0. The van der Waals surface area contributed by atoms with E-state index < -0.39 is 23.4 Å². The average Bonchev–Trinajstić information content (AvgIpc) is 2.57. The number of nitro benzene ring substituents is 1. The third-order valence-electron chi connectivity index (χ3n) is 3.15. The zero-order valence-electron chi connectivity index (χ0n) is 13.8. The van der Waals surface area contributed by atoms with Gasteiger partial charge in [-0.05, 0) is 41.9 Å². The van der Waals surface area contributed by atoms with Crippen molar-refractivity contribution in [2.24, 2.45) is 0 Å². The van der Waals surface area contributed by atoms with Crippen LogP contribution in [0.25, 0.3) is 0 Å². The number of hydrogen-bond donors (Lipinski definition) is 1. The van der Waals surface area contributed by atoms with Crippen molar-refractivity contribution in [1.29, 1.82) is 0 Å².